The van der Waals surface area contributed by atoms with E-state index in [2.05, 4.69) is 15.7 Å². The maximum atomic E-state index is 13.6. The molecular weight excluding hydrogens is 403 g/mol. The molecule has 2 aromatic rings. The van der Waals surface area contributed by atoms with Crippen LogP contribution in [0.2, 0.25) is 0 Å². The molecule has 0 aromatic heterocycles. The topological polar surface area (TPSA) is 94.4 Å². The molecule has 1 fully saturated rings. The number of nitrogens with one attached hydrogen (secondary N) is 1. The number of rotatable bonds is 4. The van der Waals surface area contributed by atoms with Crippen molar-refractivity contribution in [3.05, 3.63) is 59.4 Å². The number of anilines is 2. The lowest BCUT2D eigenvalue weighted by atomic mass is 10.1. The van der Waals surface area contributed by atoms with Crippen LogP contribution in [0.15, 0.2) is 46.7 Å². The summed E-state index contributed by atoms with van der Waals surface area (Å²) < 4.78 is 40.3. The number of hydrogen-bond acceptors (Lipinski definition) is 6. The van der Waals surface area contributed by atoms with Gasteiger partial charge in [0.1, 0.15) is 12.4 Å². The largest absolute Gasteiger partial charge is 0.324 e. The number of fused-ring (bicyclic) bond motifs is 1. The Balaban J connectivity index is 1.49. The van der Waals surface area contributed by atoms with Crippen LogP contribution < -0.4 is 10.2 Å². The summed E-state index contributed by atoms with van der Waals surface area (Å²) in [7, 11) is 0. The quantitative estimate of drug-likeness (QED) is 0.773. The highest BCUT2D eigenvalue weighted by atomic mass is 19.2. The normalized spacial score (nSPS) is 20.1. The zero-order valence-corrected chi connectivity index (χ0v) is 15.5. The molecule has 2 heterocycles. The van der Waals surface area contributed by atoms with Crippen LogP contribution in [-0.4, -0.2) is 41.4 Å². The Labute approximate surface area is 167 Å². The summed E-state index contributed by atoms with van der Waals surface area (Å²) in [6.07, 6.45) is 0. The molecule has 1 saturated heterocycles. The molecule has 0 radical (unpaired) electrons. The Morgan fingerprint density at radius 1 is 1.03 bits per heavy atom. The first-order chi connectivity index (χ1) is 14.3. The van der Waals surface area contributed by atoms with E-state index in [1.807, 2.05) is 0 Å². The smallest absolute Gasteiger partial charge is 0.263 e. The molecule has 30 heavy (non-hydrogen) atoms. The van der Waals surface area contributed by atoms with Crippen LogP contribution in [0.1, 0.15) is 5.56 Å². The lowest BCUT2D eigenvalue weighted by Gasteiger charge is -2.20. The maximum absolute atomic E-state index is 13.6. The number of benzene rings is 2. The average molecular weight is 417 g/mol. The predicted octanol–water partition coefficient (Wildman–Crippen LogP) is 2.34. The van der Waals surface area contributed by atoms with E-state index in [0.717, 1.165) is 29.3 Å². The molecule has 8 nitrogen and oxygen atoms in total. The van der Waals surface area contributed by atoms with Crippen molar-refractivity contribution in [3.8, 4) is 0 Å². The van der Waals surface area contributed by atoms with Crippen LogP contribution in [0.4, 0.5) is 24.5 Å². The zero-order valence-electron chi connectivity index (χ0n) is 15.5. The first kappa shape index (κ1) is 19.6. The van der Waals surface area contributed by atoms with Gasteiger partial charge in [-0.3, -0.25) is 19.4 Å². The first-order valence-corrected chi connectivity index (χ1v) is 8.82. The minimum absolute atomic E-state index is 0.145. The summed E-state index contributed by atoms with van der Waals surface area (Å²) in [6.45, 7) is 1.15. The van der Waals surface area contributed by atoms with E-state index in [0.29, 0.717) is 10.5 Å². The zero-order chi connectivity index (χ0) is 21.6. The molecule has 2 aliphatic rings. The minimum Gasteiger partial charge on any atom is -0.324 e. The number of carbonyl (C=O) groups is 3. The molecule has 2 aliphatic heterocycles. The Morgan fingerprint density at radius 3 is 2.50 bits per heavy atom. The summed E-state index contributed by atoms with van der Waals surface area (Å²) in [4.78, 5) is 38.3. The van der Waals surface area contributed by atoms with Crippen molar-refractivity contribution in [2.75, 3.05) is 16.8 Å². The Morgan fingerprint density at radius 2 is 1.80 bits per heavy atom. The number of halogens is 3. The second-order valence-corrected chi connectivity index (χ2v) is 6.81. The summed E-state index contributed by atoms with van der Waals surface area (Å²) >= 11 is 0. The third kappa shape index (κ3) is 3.27. The fraction of sp³-hybridized carbons (Fsp3) is 0.211. The van der Waals surface area contributed by atoms with Crippen molar-refractivity contribution in [3.63, 3.8) is 0 Å². The van der Waals surface area contributed by atoms with Gasteiger partial charge in [-0.2, -0.15) is 5.11 Å². The second-order valence-electron chi connectivity index (χ2n) is 6.81. The van der Waals surface area contributed by atoms with Gasteiger partial charge in [-0.15, -0.1) is 0 Å². The van der Waals surface area contributed by atoms with Crippen molar-refractivity contribution in [2.24, 2.45) is 10.3 Å². The number of carbonyl (C=O) groups excluding carboxylic acids is 3. The summed E-state index contributed by atoms with van der Waals surface area (Å²) in [5, 5.41) is 11.0. The second kappa shape index (κ2) is 7.25. The van der Waals surface area contributed by atoms with Crippen molar-refractivity contribution in [1.29, 1.82) is 0 Å². The Bertz CT molecular complexity index is 1110. The van der Waals surface area contributed by atoms with Gasteiger partial charge in [0.25, 0.3) is 11.8 Å². The van der Waals surface area contributed by atoms with E-state index in [4.69, 9.17) is 0 Å². The van der Waals surface area contributed by atoms with Gasteiger partial charge in [-0.1, -0.05) is 11.3 Å². The number of imide groups is 1. The van der Waals surface area contributed by atoms with Crippen molar-refractivity contribution < 1.29 is 27.6 Å². The molecule has 0 saturated carbocycles. The van der Waals surface area contributed by atoms with Crippen molar-refractivity contribution in [1.82, 2.24) is 5.01 Å². The van der Waals surface area contributed by atoms with E-state index in [9.17, 15) is 27.6 Å². The molecule has 3 amide bonds. The molecular formula is C19H14F3N5O3. The van der Waals surface area contributed by atoms with Crippen LogP contribution in [-0.2, 0) is 14.4 Å². The highest BCUT2D eigenvalue weighted by Gasteiger charge is 2.55. The van der Waals surface area contributed by atoms with Gasteiger partial charge in [-0.25, -0.2) is 18.1 Å². The van der Waals surface area contributed by atoms with E-state index < -0.39 is 53.8 Å². The molecule has 154 valence electrons. The van der Waals surface area contributed by atoms with Crippen LogP contribution >= 0.6 is 0 Å². The average Bonchev–Trinajstić information content (AvgIpc) is 3.21. The van der Waals surface area contributed by atoms with Crippen molar-refractivity contribution in [2.45, 2.75) is 19.0 Å². The monoisotopic (exact) mass is 417 g/mol. The minimum atomic E-state index is -1.21. The predicted molar refractivity (Wildman–Crippen MR) is 97.8 cm³/mol. The molecule has 1 N–H and O–H groups in total. The standard InChI is InChI=1S/C19H14F3N5O3/c1-9-2-3-10(6-13(9)21)23-15(28)8-26-17-16(24-25-26)18(29)27(19(17)30)11-4-5-12(20)14(22)7-11/h2-7,16-17H,8H2,1H3,(H,23,28)/t16-,17-/m1/s1. The van der Waals surface area contributed by atoms with Crippen LogP contribution in [0.25, 0.3) is 0 Å². The molecule has 4 rings (SSSR count). The van der Waals surface area contributed by atoms with Crippen LogP contribution in [0.3, 0.4) is 0 Å². The fourth-order valence-electron chi connectivity index (χ4n) is 3.25. The highest BCUT2D eigenvalue weighted by Crippen LogP contribution is 2.32. The van der Waals surface area contributed by atoms with E-state index in [1.165, 1.54) is 12.1 Å². The van der Waals surface area contributed by atoms with Gasteiger partial charge < -0.3 is 5.32 Å². The fourth-order valence-corrected chi connectivity index (χ4v) is 3.25. The van der Waals surface area contributed by atoms with Crippen LogP contribution in [0.5, 0.6) is 0 Å². The highest BCUT2D eigenvalue weighted by molar-refractivity contribution is 6.25. The third-order valence-corrected chi connectivity index (χ3v) is 4.78. The number of amides is 3. The molecule has 0 bridgehead atoms. The molecule has 2 atom stereocenters. The van der Waals surface area contributed by atoms with Gasteiger partial charge in [0.05, 0.1) is 5.69 Å². The van der Waals surface area contributed by atoms with Gasteiger partial charge in [0.2, 0.25) is 5.91 Å². The molecule has 0 spiro atoms. The number of aryl methyl sites for hydroxylation is 1. The van der Waals surface area contributed by atoms with Gasteiger partial charge in [0, 0.05) is 11.8 Å². The SMILES string of the molecule is Cc1ccc(NC(=O)CN2N=N[C@H]3C(=O)N(c4ccc(F)c(F)c4)C(=O)[C@@H]32)cc1F. The molecule has 0 unspecified atom stereocenters. The van der Waals surface area contributed by atoms with Gasteiger partial charge in [-0.05, 0) is 36.8 Å². The Kier molecular flexibility index (Phi) is 4.72. The maximum Gasteiger partial charge on any atom is 0.263 e. The molecule has 2 aromatic carbocycles. The van der Waals surface area contributed by atoms with E-state index >= 15 is 0 Å². The van der Waals surface area contributed by atoms with E-state index in [1.54, 1.807) is 6.92 Å². The lowest BCUT2D eigenvalue weighted by Crippen LogP contribution is -2.43. The molecule has 0 aliphatic carbocycles. The summed E-state index contributed by atoms with van der Waals surface area (Å²) in [5.74, 6) is -4.97. The summed E-state index contributed by atoms with van der Waals surface area (Å²) in [6, 6.07) is 4.39. The van der Waals surface area contributed by atoms with Crippen molar-refractivity contribution >= 4 is 29.1 Å². The molecule has 11 heteroatoms. The number of hydrogen-bond donors (Lipinski definition) is 1. The first-order valence-electron chi connectivity index (χ1n) is 8.82. The van der Waals surface area contributed by atoms with Gasteiger partial charge >= 0.3 is 0 Å². The summed E-state index contributed by atoms with van der Waals surface area (Å²) in [5.41, 5.74) is 0.484. The number of nitrogens with zero attached hydrogens (tertiary/aromatic N) is 4. The van der Waals surface area contributed by atoms with Gasteiger partial charge in [0.15, 0.2) is 23.7 Å². The Hall–Kier alpha value is -3.76. The van der Waals surface area contributed by atoms with E-state index in [-0.39, 0.29) is 11.4 Å². The lowest BCUT2D eigenvalue weighted by molar-refractivity contribution is -0.123. The van der Waals surface area contributed by atoms with Crippen LogP contribution in [0, 0.1) is 24.4 Å². The third-order valence-electron chi connectivity index (χ3n) is 4.78.